The van der Waals surface area contributed by atoms with Crippen molar-refractivity contribution < 1.29 is 0 Å². The Kier molecular flexibility index (Phi) is 3.59. The lowest BCUT2D eigenvalue weighted by Gasteiger charge is -2.21. The molecule has 3 nitrogen and oxygen atoms in total. The van der Waals surface area contributed by atoms with Gasteiger partial charge < -0.3 is 10.2 Å². The maximum absolute atomic E-state index is 4.46. The highest BCUT2D eigenvalue weighted by molar-refractivity contribution is 9.10. The first-order chi connectivity index (χ1) is 7.27. The molecular weight excluding hydrogens is 254 g/mol. The number of nitrogens with zero attached hydrogens (tertiary/aromatic N) is 2. The molecule has 1 aromatic heterocycles. The normalized spacial score (nSPS) is 17.6. The van der Waals surface area contributed by atoms with E-state index in [0.29, 0.717) is 0 Å². The monoisotopic (exact) mass is 269 g/mol. The molecule has 2 rings (SSSR count). The lowest BCUT2D eigenvalue weighted by Crippen LogP contribution is -2.28. The number of hydrogen-bond acceptors (Lipinski definition) is 3. The summed E-state index contributed by atoms with van der Waals surface area (Å²) in [4.78, 5) is 6.80. The second kappa shape index (κ2) is 4.94. The second-order valence-electron chi connectivity index (χ2n) is 3.88. The van der Waals surface area contributed by atoms with Crippen molar-refractivity contribution in [1.29, 1.82) is 0 Å². The van der Waals surface area contributed by atoms with Crippen molar-refractivity contribution in [3.63, 3.8) is 0 Å². The minimum atomic E-state index is 1.05. The molecule has 1 N–H and O–H groups in total. The van der Waals surface area contributed by atoms with Crippen molar-refractivity contribution in [2.24, 2.45) is 0 Å². The highest BCUT2D eigenvalue weighted by Crippen LogP contribution is 2.20. The predicted molar refractivity (Wildman–Crippen MR) is 66.4 cm³/mol. The minimum absolute atomic E-state index is 1.05. The summed E-state index contributed by atoms with van der Waals surface area (Å²) in [7, 11) is 0. The van der Waals surface area contributed by atoms with E-state index in [1.807, 2.05) is 6.20 Å². The second-order valence-corrected chi connectivity index (χ2v) is 4.74. The van der Waals surface area contributed by atoms with E-state index in [1.165, 1.54) is 12.0 Å². The van der Waals surface area contributed by atoms with Crippen LogP contribution in [0.1, 0.15) is 12.0 Å². The van der Waals surface area contributed by atoms with Gasteiger partial charge in [0.1, 0.15) is 5.82 Å². The Morgan fingerprint density at radius 3 is 3.07 bits per heavy atom. The summed E-state index contributed by atoms with van der Waals surface area (Å²) in [5.74, 6) is 1.10. The number of rotatable bonds is 1. The summed E-state index contributed by atoms with van der Waals surface area (Å²) in [6, 6.07) is 2.15. The van der Waals surface area contributed by atoms with Gasteiger partial charge in [0, 0.05) is 30.3 Å². The topological polar surface area (TPSA) is 28.2 Å². The number of aromatic nitrogens is 1. The average molecular weight is 270 g/mol. The zero-order chi connectivity index (χ0) is 10.7. The van der Waals surface area contributed by atoms with Gasteiger partial charge in [-0.15, -0.1) is 0 Å². The molecule has 82 valence electrons. The standard InChI is InChI=1S/C11H16BrN3/c1-9-7-11(14-8-10(9)12)15-5-2-3-13-4-6-15/h7-8,13H,2-6H2,1H3. The van der Waals surface area contributed by atoms with E-state index >= 15 is 0 Å². The van der Waals surface area contributed by atoms with E-state index in [-0.39, 0.29) is 0 Å². The van der Waals surface area contributed by atoms with Crippen molar-refractivity contribution in [2.45, 2.75) is 13.3 Å². The van der Waals surface area contributed by atoms with Gasteiger partial charge in [0.15, 0.2) is 0 Å². The first-order valence-electron chi connectivity index (χ1n) is 5.35. The SMILES string of the molecule is Cc1cc(N2CCCNCC2)ncc1Br. The van der Waals surface area contributed by atoms with Gasteiger partial charge in [0.25, 0.3) is 0 Å². The van der Waals surface area contributed by atoms with Crippen molar-refractivity contribution in [2.75, 3.05) is 31.1 Å². The molecular formula is C11H16BrN3. The summed E-state index contributed by atoms with van der Waals surface area (Å²) >= 11 is 3.48. The Morgan fingerprint density at radius 2 is 2.27 bits per heavy atom. The fraction of sp³-hybridized carbons (Fsp3) is 0.545. The van der Waals surface area contributed by atoms with Gasteiger partial charge in [-0.05, 0) is 47.4 Å². The third-order valence-corrected chi connectivity index (χ3v) is 3.53. The van der Waals surface area contributed by atoms with Crippen LogP contribution >= 0.6 is 15.9 Å². The highest BCUT2D eigenvalue weighted by Gasteiger charge is 2.10. The quantitative estimate of drug-likeness (QED) is 0.845. The van der Waals surface area contributed by atoms with Crippen LogP contribution in [-0.4, -0.2) is 31.2 Å². The van der Waals surface area contributed by atoms with Crippen LogP contribution in [0.5, 0.6) is 0 Å². The van der Waals surface area contributed by atoms with Crippen molar-refractivity contribution in [3.8, 4) is 0 Å². The number of nitrogens with one attached hydrogen (secondary N) is 1. The molecule has 0 saturated carbocycles. The van der Waals surface area contributed by atoms with Crippen LogP contribution in [-0.2, 0) is 0 Å². The molecule has 2 heterocycles. The van der Waals surface area contributed by atoms with E-state index in [1.54, 1.807) is 0 Å². The van der Waals surface area contributed by atoms with Crippen LogP contribution < -0.4 is 10.2 Å². The van der Waals surface area contributed by atoms with Crippen LogP contribution in [0.15, 0.2) is 16.7 Å². The highest BCUT2D eigenvalue weighted by atomic mass is 79.9. The number of hydrogen-bond donors (Lipinski definition) is 1. The summed E-state index contributed by atoms with van der Waals surface area (Å²) in [5, 5.41) is 3.39. The molecule has 0 unspecified atom stereocenters. The lowest BCUT2D eigenvalue weighted by molar-refractivity contribution is 0.724. The largest absolute Gasteiger partial charge is 0.355 e. The molecule has 1 aliphatic heterocycles. The fourth-order valence-corrected chi connectivity index (χ4v) is 1.99. The maximum Gasteiger partial charge on any atom is 0.128 e. The van der Waals surface area contributed by atoms with E-state index < -0.39 is 0 Å². The number of pyridine rings is 1. The van der Waals surface area contributed by atoms with Gasteiger partial charge in [0.05, 0.1) is 0 Å². The average Bonchev–Trinajstić information content (AvgIpc) is 2.50. The van der Waals surface area contributed by atoms with Crippen LogP contribution in [0, 0.1) is 6.92 Å². The molecule has 0 amide bonds. The van der Waals surface area contributed by atoms with E-state index in [9.17, 15) is 0 Å². The van der Waals surface area contributed by atoms with E-state index in [2.05, 4.69) is 44.1 Å². The zero-order valence-electron chi connectivity index (χ0n) is 8.96. The van der Waals surface area contributed by atoms with Crippen LogP contribution in [0.25, 0.3) is 0 Å². The first-order valence-corrected chi connectivity index (χ1v) is 6.14. The van der Waals surface area contributed by atoms with Gasteiger partial charge in [-0.2, -0.15) is 0 Å². The van der Waals surface area contributed by atoms with Gasteiger partial charge in [-0.25, -0.2) is 4.98 Å². The molecule has 1 fully saturated rings. The Hall–Kier alpha value is -0.610. The summed E-state index contributed by atoms with van der Waals surface area (Å²) in [5.41, 5.74) is 1.25. The van der Waals surface area contributed by atoms with Gasteiger partial charge in [0.2, 0.25) is 0 Å². The smallest absolute Gasteiger partial charge is 0.128 e. The third kappa shape index (κ3) is 2.69. The third-order valence-electron chi connectivity index (χ3n) is 2.70. The van der Waals surface area contributed by atoms with E-state index in [0.717, 1.165) is 36.5 Å². The minimum Gasteiger partial charge on any atom is -0.355 e. The molecule has 0 bridgehead atoms. The molecule has 1 aliphatic rings. The molecule has 1 saturated heterocycles. The summed E-state index contributed by atoms with van der Waals surface area (Å²) in [6.07, 6.45) is 3.08. The number of aryl methyl sites for hydroxylation is 1. The molecule has 0 aliphatic carbocycles. The molecule has 0 aromatic carbocycles. The molecule has 0 spiro atoms. The van der Waals surface area contributed by atoms with Crippen LogP contribution in [0.4, 0.5) is 5.82 Å². The van der Waals surface area contributed by atoms with Crippen molar-refractivity contribution in [3.05, 3.63) is 22.3 Å². The van der Waals surface area contributed by atoms with Crippen LogP contribution in [0.2, 0.25) is 0 Å². The summed E-state index contributed by atoms with van der Waals surface area (Å²) < 4.78 is 1.08. The Bertz CT molecular complexity index is 333. The first kappa shape index (κ1) is 10.9. The number of anilines is 1. The molecule has 15 heavy (non-hydrogen) atoms. The molecule has 0 atom stereocenters. The summed E-state index contributed by atoms with van der Waals surface area (Å²) in [6.45, 7) is 6.42. The van der Waals surface area contributed by atoms with Gasteiger partial charge >= 0.3 is 0 Å². The van der Waals surface area contributed by atoms with E-state index in [4.69, 9.17) is 0 Å². The number of halogens is 1. The lowest BCUT2D eigenvalue weighted by atomic mass is 10.3. The molecule has 0 radical (unpaired) electrons. The molecule has 4 heteroatoms. The Morgan fingerprint density at radius 1 is 1.40 bits per heavy atom. The molecule has 1 aromatic rings. The van der Waals surface area contributed by atoms with Gasteiger partial charge in [-0.3, -0.25) is 0 Å². The zero-order valence-corrected chi connectivity index (χ0v) is 10.5. The van der Waals surface area contributed by atoms with Crippen LogP contribution in [0.3, 0.4) is 0 Å². The Balaban J connectivity index is 2.16. The van der Waals surface area contributed by atoms with Crippen molar-refractivity contribution in [1.82, 2.24) is 10.3 Å². The fourth-order valence-electron chi connectivity index (χ4n) is 1.77. The van der Waals surface area contributed by atoms with Gasteiger partial charge in [-0.1, -0.05) is 0 Å². The van der Waals surface area contributed by atoms with Crippen molar-refractivity contribution >= 4 is 21.7 Å². The Labute approximate surface area is 99.0 Å². The maximum atomic E-state index is 4.46. The predicted octanol–water partition coefficient (Wildman–Crippen LogP) is 1.95.